The number of thioether (sulfide) groups is 2. The fraction of sp³-hybridized carbons (Fsp3) is 0.231. The van der Waals surface area contributed by atoms with Crippen molar-refractivity contribution in [3.8, 4) is 0 Å². The van der Waals surface area contributed by atoms with Gasteiger partial charge in [0.15, 0.2) is 5.16 Å². The predicted molar refractivity (Wildman–Crippen MR) is 139 cm³/mol. The Kier molecular flexibility index (Phi) is 8.38. The van der Waals surface area contributed by atoms with Crippen molar-refractivity contribution in [2.45, 2.75) is 48.0 Å². The average molecular weight is 490 g/mol. The normalized spacial score (nSPS) is 11.8. The van der Waals surface area contributed by atoms with Crippen molar-refractivity contribution in [3.63, 3.8) is 0 Å². The molecule has 4 rings (SSSR count). The summed E-state index contributed by atoms with van der Waals surface area (Å²) in [6, 6.07) is 24.1. The number of anilines is 1. The van der Waals surface area contributed by atoms with Gasteiger partial charge in [-0.15, -0.1) is 22.0 Å². The molecule has 2 aromatic carbocycles. The van der Waals surface area contributed by atoms with Crippen LogP contribution in [0.3, 0.4) is 0 Å². The monoisotopic (exact) mass is 489 g/mol. The van der Waals surface area contributed by atoms with Gasteiger partial charge in [-0.1, -0.05) is 60.3 Å². The van der Waals surface area contributed by atoms with Crippen LogP contribution >= 0.6 is 23.5 Å². The lowest BCUT2D eigenvalue weighted by Crippen LogP contribution is -2.23. The minimum absolute atomic E-state index is 0.0604. The molecule has 0 spiro atoms. The molecule has 4 aromatic rings. The highest BCUT2D eigenvalue weighted by Crippen LogP contribution is 2.26. The number of pyridine rings is 1. The van der Waals surface area contributed by atoms with Gasteiger partial charge in [-0.3, -0.25) is 4.79 Å². The summed E-state index contributed by atoms with van der Waals surface area (Å²) < 4.78 is 2.08. The topological polar surface area (TPSA) is 72.7 Å². The minimum atomic E-state index is -0.314. The first kappa shape index (κ1) is 24.0. The number of amides is 1. The Hall–Kier alpha value is -3.10. The van der Waals surface area contributed by atoms with E-state index >= 15 is 0 Å². The fourth-order valence-electron chi connectivity index (χ4n) is 3.42. The summed E-state index contributed by atoms with van der Waals surface area (Å²) in [5.41, 5.74) is 3.11. The van der Waals surface area contributed by atoms with E-state index in [-0.39, 0.29) is 11.2 Å². The lowest BCUT2D eigenvalue weighted by Gasteiger charge is -2.13. The van der Waals surface area contributed by atoms with Gasteiger partial charge >= 0.3 is 0 Å². The highest BCUT2D eigenvalue weighted by atomic mass is 32.2. The number of carbonyl (C=O) groups is 1. The van der Waals surface area contributed by atoms with Crippen LogP contribution in [-0.2, 0) is 23.5 Å². The Morgan fingerprint density at radius 3 is 2.56 bits per heavy atom. The molecule has 0 saturated heterocycles. The molecule has 2 aromatic heterocycles. The number of nitrogens with zero attached hydrogens (tertiary/aromatic N) is 4. The van der Waals surface area contributed by atoms with E-state index in [0.29, 0.717) is 6.42 Å². The average Bonchev–Trinajstić information content (AvgIpc) is 3.25. The number of carbonyl (C=O) groups excluding carboxylic acids is 1. The molecule has 0 bridgehead atoms. The molecule has 0 aliphatic carbocycles. The van der Waals surface area contributed by atoms with Crippen molar-refractivity contribution in [3.05, 3.63) is 95.9 Å². The lowest BCUT2D eigenvalue weighted by molar-refractivity contribution is -0.115. The molecule has 6 nitrogen and oxygen atoms in total. The second-order valence-corrected chi connectivity index (χ2v) is 10.0. The van der Waals surface area contributed by atoms with Crippen LogP contribution in [0.4, 0.5) is 5.69 Å². The van der Waals surface area contributed by atoms with Crippen LogP contribution in [0, 0.1) is 0 Å². The molecule has 0 aliphatic heterocycles. The van der Waals surface area contributed by atoms with Crippen molar-refractivity contribution < 1.29 is 4.79 Å². The number of hydrogen-bond donors (Lipinski definition) is 1. The summed E-state index contributed by atoms with van der Waals surface area (Å²) in [6.45, 7) is 4.72. The molecular formula is C26H27N5OS2. The zero-order chi connectivity index (χ0) is 23.8. The van der Waals surface area contributed by atoms with Crippen LogP contribution in [-0.4, -0.2) is 30.9 Å². The van der Waals surface area contributed by atoms with E-state index in [9.17, 15) is 4.79 Å². The molecular weight excluding hydrogens is 462 g/mol. The van der Waals surface area contributed by atoms with Crippen molar-refractivity contribution in [1.82, 2.24) is 19.7 Å². The summed E-state index contributed by atoms with van der Waals surface area (Å²) in [7, 11) is 0. The third-order valence-electron chi connectivity index (χ3n) is 5.19. The molecule has 174 valence electrons. The summed E-state index contributed by atoms with van der Waals surface area (Å²) in [5, 5.41) is 13.2. The van der Waals surface area contributed by atoms with E-state index in [1.807, 2.05) is 61.5 Å². The van der Waals surface area contributed by atoms with Crippen LogP contribution in [0.25, 0.3) is 0 Å². The van der Waals surface area contributed by atoms with Crippen LogP contribution in [0.2, 0.25) is 0 Å². The quantitative estimate of drug-likeness (QED) is 0.288. The maximum Gasteiger partial charge on any atom is 0.237 e. The molecule has 0 saturated carbocycles. The Labute approximate surface area is 208 Å². The first-order valence-corrected chi connectivity index (χ1v) is 13.0. The van der Waals surface area contributed by atoms with Crippen molar-refractivity contribution in [2.24, 2.45) is 0 Å². The molecule has 0 aliphatic rings. The van der Waals surface area contributed by atoms with Gasteiger partial charge in [0.2, 0.25) is 5.91 Å². The molecule has 34 heavy (non-hydrogen) atoms. The van der Waals surface area contributed by atoms with Crippen molar-refractivity contribution in [2.75, 3.05) is 5.32 Å². The van der Waals surface area contributed by atoms with E-state index < -0.39 is 0 Å². The van der Waals surface area contributed by atoms with E-state index in [1.54, 1.807) is 18.0 Å². The maximum atomic E-state index is 12.9. The number of hydrogen-bond acceptors (Lipinski definition) is 6. The second kappa shape index (κ2) is 11.9. The highest BCUT2D eigenvalue weighted by Gasteiger charge is 2.20. The number of aromatic nitrogens is 4. The van der Waals surface area contributed by atoms with Crippen LogP contribution < -0.4 is 5.32 Å². The summed E-state index contributed by atoms with van der Waals surface area (Å²) >= 11 is 3.10. The molecule has 1 atom stereocenters. The Balaban J connectivity index is 1.36. The molecule has 0 fully saturated rings. The lowest BCUT2D eigenvalue weighted by atomic mass is 10.1. The highest BCUT2D eigenvalue weighted by molar-refractivity contribution is 8.00. The number of rotatable bonds is 10. The van der Waals surface area contributed by atoms with E-state index in [0.717, 1.165) is 39.6 Å². The summed E-state index contributed by atoms with van der Waals surface area (Å²) in [6.07, 6.45) is 2.51. The van der Waals surface area contributed by atoms with Gasteiger partial charge in [-0.25, -0.2) is 4.98 Å². The van der Waals surface area contributed by atoms with E-state index in [2.05, 4.69) is 50.2 Å². The standard InChI is InChI=1S/C26H27N5OS2/c1-3-31-23(17-20-10-5-4-6-11-20)29-30-26(31)34-19(2)25(32)28-22-13-9-12-21(16-22)18-33-24-14-7-8-15-27-24/h4-16,19H,3,17-18H2,1-2H3,(H,28,32)/t19-/m0/s1. The van der Waals surface area contributed by atoms with Crippen molar-refractivity contribution in [1.29, 1.82) is 0 Å². The molecule has 8 heteroatoms. The summed E-state index contributed by atoms with van der Waals surface area (Å²) in [5.74, 6) is 1.63. The van der Waals surface area contributed by atoms with Crippen LogP contribution in [0.15, 0.2) is 89.2 Å². The van der Waals surface area contributed by atoms with Gasteiger partial charge in [-0.05, 0) is 49.2 Å². The predicted octanol–water partition coefficient (Wildman–Crippen LogP) is 5.70. The van der Waals surface area contributed by atoms with E-state index in [1.165, 1.54) is 17.3 Å². The van der Waals surface area contributed by atoms with E-state index in [4.69, 9.17) is 0 Å². The van der Waals surface area contributed by atoms with Gasteiger partial charge in [0.1, 0.15) is 5.82 Å². The SMILES string of the molecule is CCn1c(Cc2ccccc2)nnc1S[C@@H](C)C(=O)Nc1cccc(CSc2ccccn2)c1. The van der Waals surface area contributed by atoms with Gasteiger partial charge in [-0.2, -0.15) is 0 Å². The van der Waals surface area contributed by atoms with Gasteiger partial charge in [0.25, 0.3) is 0 Å². The van der Waals surface area contributed by atoms with Crippen molar-refractivity contribution >= 4 is 35.1 Å². The minimum Gasteiger partial charge on any atom is -0.325 e. The summed E-state index contributed by atoms with van der Waals surface area (Å²) in [4.78, 5) is 17.2. The molecule has 0 unspecified atom stereocenters. The third-order valence-corrected chi connectivity index (χ3v) is 7.28. The zero-order valence-corrected chi connectivity index (χ0v) is 20.9. The molecule has 0 radical (unpaired) electrons. The number of benzene rings is 2. The smallest absolute Gasteiger partial charge is 0.237 e. The first-order chi connectivity index (χ1) is 16.6. The molecule has 1 N–H and O–H groups in total. The second-order valence-electron chi connectivity index (χ2n) is 7.71. The van der Waals surface area contributed by atoms with Crippen LogP contribution in [0.1, 0.15) is 30.8 Å². The number of nitrogens with one attached hydrogen (secondary N) is 1. The Bertz CT molecular complexity index is 1210. The Morgan fingerprint density at radius 1 is 1.00 bits per heavy atom. The molecule has 1 amide bonds. The van der Waals surface area contributed by atoms with Gasteiger partial charge in [0.05, 0.1) is 10.3 Å². The largest absolute Gasteiger partial charge is 0.325 e. The van der Waals surface area contributed by atoms with Crippen LogP contribution in [0.5, 0.6) is 0 Å². The fourth-order valence-corrected chi connectivity index (χ4v) is 5.15. The Morgan fingerprint density at radius 2 is 1.79 bits per heavy atom. The first-order valence-electron chi connectivity index (χ1n) is 11.2. The maximum absolute atomic E-state index is 12.9. The molecule has 2 heterocycles. The zero-order valence-electron chi connectivity index (χ0n) is 19.2. The van der Waals surface area contributed by atoms with Gasteiger partial charge < -0.3 is 9.88 Å². The third kappa shape index (κ3) is 6.48. The van der Waals surface area contributed by atoms with Gasteiger partial charge in [0, 0.05) is 30.6 Å².